The second-order valence-electron chi connectivity index (χ2n) is 13.0. The van der Waals surface area contributed by atoms with Crippen molar-refractivity contribution in [2.75, 3.05) is 24.7 Å². The van der Waals surface area contributed by atoms with E-state index in [1.54, 1.807) is 0 Å². The zero-order valence-corrected chi connectivity index (χ0v) is 28.1. The van der Waals surface area contributed by atoms with E-state index in [-0.39, 0.29) is 10.8 Å². The first-order chi connectivity index (χ1) is 17.6. The van der Waals surface area contributed by atoms with Crippen molar-refractivity contribution in [3.05, 3.63) is 65.2 Å². The normalized spacial score (nSPS) is 22.2. The van der Waals surface area contributed by atoms with Gasteiger partial charge in [0.05, 0.1) is 23.3 Å². The Morgan fingerprint density at radius 1 is 0.711 bits per heavy atom. The van der Waals surface area contributed by atoms with Crippen LogP contribution in [-0.2, 0) is 34.4 Å². The first kappa shape index (κ1) is 28.3. The fraction of sp³-hybridized carbons (Fsp3) is 0.438. The van der Waals surface area contributed by atoms with Crippen LogP contribution in [0.25, 0.3) is 0 Å². The predicted octanol–water partition coefficient (Wildman–Crippen LogP) is 7.43. The maximum absolute atomic E-state index is 6.91. The molecule has 0 N–H and O–H groups in total. The molecule has 0 saturated heterocycles. The van der Waals surface area contributed by atoms with Gasteiger partial charge in [-0.15, -0.1) is 0 Å². The van der Waals surface area contributed by atoms with Crippen molar-refractivity contribution in [3.63, 3.8) is 0 Å². The molecule has 2 unspecified atom stereocenters. The minimum absolute atomic E-state index is 0.0363. The van der Waals surface area contributed by atoms with Gasteiger partial charge in [-0.05, 0) is 71.4 Å². The lowest BCUT2D eigenvalue weighted by atomic mass is 9.86. The lowest BCUT2D eigenvalue weighted by molar-refractivity contribution is 0.513. The van der Waals surface area contributed by atoms with Crippen LogP contribution in [0.4, 0.5) is 17.1 Å². The minimum Gasteiger partial charge on any atom is -0.308 e. The molecule has 6 heteroatoms. The monoisotopic (exact) mass is 580 g/mol. The van der Waals surface area contributed by atoms with Crippen molar-refractivity contribution in [1.29, 1.82) is 0 Å². The van der Waals surface area contributed by atoms with Crippen molar-refractivity contribution in [3.8, 4) is 0 Å². The fourth-order valence-corrected chi connectivity index (χ4v) is 14.2. The summed E-state index contributed by atoms with van der Waals surface area (Å²) >= 11 is 13.5. The molecule has 3 aromatic rings. The van der Waals surface area contributed by atoms with Crippen LogP contribution in [-0.4, -0.2) is 24.4 Å². The summed E-state index contributed by atoms with van der Waals surface area (Å²) in [6.07, 6.45) is -2.26. The van der Waals surface area contributed by atoms with Crippen molar-refractivity contribution in [1.82, 2.24) is 4.67 Å². The number of rotatable bonds is 3. The van der Waals surface area contributed by atoms with Crippen molar-refractivity contribution in [2.24, 2.45) is 0 Å². The molecule has 2 aliphatic heterocycles. The maximum Gasteiger partial charge on any atom is 0.0751 e. The molecular weight excluding hydrogens is 538 g/mol. The second-order valence-corrected chi connectivity index (χ2v) is 22.3. The number of hydrogen-bond donors (Lipinski definition) is 0. The molecule has 0 aliphatic carbocycles. The van der Waals surface area contributed by atoms with E-state index in [2.05, 4.69) is 127 Å². The molecule has 0 aromatic heterocycles. The highest BCUT2D eigenvalue weighted by Gasteiger charge is 2.46. The first-order valence-corrected chi connectivity index (χ1v) is 19.8. The Morgan fingerprint density at radius 3 is 1.68 bits per heavy atom. The van der Waals surface area contributed by atoms with Crippen LogP contribution >= 0.6 is 12.2 Å². The maximum atomic E-state index is 6.91. The Balaban J connectivity index is 1.99. The SMILES string of the molecule is CCN(CC)P1(=S)c2ccc(C(C)(C)C)cc2N2c3cc(C(C)(C)C)ccc3P(C)(=S)c3cc(C)cc1c32. The molecule has 2 aliphatic rings. The van der Waals surface area contributed by atoms with E-state index in [9.17, 15) is 0 Å². The average molecular weight is 581 g/mol. The summed E-state index contributed by atoms with van der Waals surface area (Å²) in [5.41, 5.74) is 7.82. The molecule has 0 bridgehead atoms. The van der Waals surface area contributed by atoms with E-state index in [1.807, 2.05) is 0 Å². The van der Waals surface area contributed by atoms with E-state index >= 15 is 0 Å². The third kappa shape index (κ3) is 4.05. The van der Waals surface area contributed by atoms with Crippen LogP contribution < -0.4 is 26.1 Å². The summed E-state index contributed by atoms with van der Waals surface area (Å²) in [6.45, 7) is 24.7. The molecule has 2 atom stereocenters. The van der Waals surface area contributed by atoms with Crippen LogP contribution in [0.2, 0.25) is 0 Å². The highest BCUT2D eigenvalue weighted by Crippen LogP contribution is 2.62. The summed E-state index contributed by atoms with van der Waals surface area (Å²) in [6, 6.07) is 16.9. The highest BCUT2D eigenvalue weighted by molar-refractivity contribution is 8.22. The Labute approximate surface area is 240 Å². The van der Waals surface area contributed by atoms with Gasteiger partial charge < -0.3 is 4.90 Å². The molecule has 5 rings (SSSR count). The molecule has 0 fully saturated rings. The van der Waals surface area contributed by atoms with Crippen LogP contribution in [0.1, 0.15) is 72.1 Å². The van der Waals surface area contributed by atoms with Crippen LogP contribution in [0.5, 0.6) is 0 Å². The van der Waals surface area contributed by atoms with Gasteiger partial charge in [-0.2, -0.15) is 0 Å². The van der Waals surface area contributed by atoms with Crippen molar-refractivity contribution < 1.29 is 0 Å². The molecular formula is C32H42N2P2S2. The standard InChI is InChI=1S/C32H42N2P2S2/c1-11-33(12-2)36(38)27-16-14-23(32(7,8)9)20-25(27)34-24-19-22(31(4,5)6)13-15-26(24)35(10,37)28-17-21(3)18-29(36)30(28)34/h13-20H,11-12H2,1-10H3. The van der Waals surface area contributed by atoms with E-state index < -0.39 is 12.2 Å². The van der Waals surface area contributed by atoms with Gasteiger partial charge in [0.1, 0.15) is 0 Å². The van der Waals surface area contributed by atoms with Gasteiger partial charge in [-0.1, -0.05) is 97.2 Å². The molecule has 0 amide bonds. The number of benzene rings is 3. The Morgan fingerprint density at radius 2 is 1.18 bits per heavy atom. The lowest BCUT2D eigenvalue weighted by Crippen LogP contribution is -2.46. The zero-order chi connectivity index (χ0) is 28.0. The minimum atomic E-state index is -2.26. The van der Waals surface area contributed by atoms with E-state index in [0.717, 1.165) is 13.1 Å². The Hall–Kier alpha value is -1.28. The van der Waals surface area contributed by atoms with Crippen LogP contribution in [0.3, 0.4) is 0 Å². The number of hydrogen-bond acceptors (Lipinski definition) is 3. The molecule has 0 radical (unpaired) electrons. The topological polar surface area (TPSA) is 6.48 Å². The molecule has 38 heavy (non-hydrogen) atoms. The van der Waals surface area contributed by atoms with Gasteiger partial charge in [0, 0.05) is 40.3 Å². The lowest BCUT2D eigenvalue weighted by Gasteiger charge is -2.49. The summed E-state index contributed by atoms with van der Waals surface area (Å²) in [5, 5.41) is 5.28. The van der Waals surface area contributed by atoms with Crippen molar-refractivity contribution >= 4 is 74.1 Å². The fourth-order valence-electron chi connectivity index (χ4n) is 6.04. The summed E-state index contributed by atoms with van der Waals surface area (Å²) < 4.78 is 2.56. The number of fused-ring (bicyclic) bond motifs is 4. The Kier molecular flexibility index (Phi) is 6.78. The quantitative estimate of drug-likeness (QED) is 0.297. The molecule has 2 heterocycles. The largest absolute Gasteiger partial charge is 0.308 e. The third-order valence-corrected chi connectivity index (χ3v) is 17.3. The summed E-state index contributed by atoms with van der Waals surface area (Å²) in [4.78, 5) is 2.56. The summed E-state index contributed by atoms with van der Waals surface area (Å²) in [5.74, 6) is 0. The molecule has 3 aromatic carbocycles. The van der Waals surface area contributed by atoms with Gasteiger partial charge in [-0.3, -0.25) is 4.67 Å². The zero-order valence-electron chi connectivity index (χ0n) is 24.6. The van der Waals surface area contributed by atoms with Gasteiger partial charge in [0.15, 0.2) is 0 Å². The predicted molar refractivity (Wildman–Crippen MR) is 179 cm³/mol. The van der Waals surface area contributed by atoms with E-state index in [1.165, 1.54) is 55.0 Å². The van der Waals surface area contributed by atoms with Crippen LogP contribution in [0, 0.1) is 6.92 Å². The van der Waals surface area contributed by atoms with Crippen LogP contribution in [0.15, 0.2) is 48.5 Å². The number of anilines is 3. The molecule has 202 valence electrons. The van der Waals surface area contributed by atoms with Gasteiger partial charge in [0.2, 0.25) is 0 Å². The molecule has 0 spiro atoms. The third-order valence-electron chi connectivity index (χ3n) is 8.30. The number of nitrogens with zero attached hydrogens (tertiary/aromatic N) is 2. The number of aryl methyl sites for hydroxylation is 1. The van der Waals surface area contributed by atoms with E-state index in [4.69, 9.17) is 23.6 Å². The van der Waals surface area contributed by atoms with Gasteiger partial charge >= 0.3 is 0 Å². The van der Waals surface area contributed by atoms with Gasteiger partial charge in [0.25, 0.3) is 0 Å². The highest BCUT2D eigenvalue weighted by atomic mass is 32.4. The molecule has 2 nitrogen and oxygen atoms in total. The van der Waals surface area contributed by atoms with Gasteiger partial charge in [-0.25, -0.2) is 0 Å². The Bertz CT molecular complexity index is 1550. The molecule has 0 saturated carbocycles. The van der Waals surface area contributed by atoms with E-state index in [0.29, 0.717) is 0 Å². The first-order valence-electron chi connectivity index (χ1n) is 13.8. The van der Waals surface area contributed by atoms with Crippen molar-refractivity contribution in [2.45, 2.75) is 73.1 Å². The smallest absolute Gasteiger partial charge is 0.0751 e. The average Bonchev–Trinajstić information content (AvgIpc) is 2.83. The second kappa shape index (κ2) is 9.12. The summed E-state index contributed by atoms with van der Waals surface area (Å²) in [7, 11) is 0.